The second-order valence-corrected chi connectivity index (χ2v) is 8.62. The van der Waals surface area contributed by atoms with Gasteiger partial charge in [0, 0.05) is 49.4 Å². The van der Waals surface area contributed by atoms with Crippen LogP contribution in [-0.2, 0) is 17.6 Å². The van der Waals surface area contributed by atoms with E-state index in [1.54, 1.807) is 18.3 Å². The van der Waals surface area contributed by atoms with Crippen LogP contribution in [0.25, 0.3) is 11.4 Å². The molecule has 1 unspecified atom stereocenters. The Morgan fingerprint density at radius 2 is 1.76 bits per heavy atom. The summed E-state index contributed by atoms with van der Waals surface area (Å²) in [6.07, 6.45) is 4.22. The smallest absolute Gasteiger partial charge is 0.254 e. The molecule has 2 aromatic heterocycles. The van der Waals surface area contributed by atoms with Crippen LogP contribution >= 0.6 is 0 Å². The number of rotatable bonds is 3. The first-order valence-electron chi connectivity index (χ1n) is 11.4. The molecule has 0 saturated carbocycles. The van der Waals surface area contributed by atoms with Crippen molar-refractivity contribution in [2.75, 3.05) is 31.1 Å². The average Bonchev–Trinajstić information content (AvgIpc) is 3.08. The predicted octanol–water partition coefficient (Wildman–Crippen LogP) is 2.81. The van der Waals surface area contributed by atoms with Gasteiger partial charge in [-0.15, -0.1) is 0 Å². The summed E-state index contributed by atoms with van der Waals surface area (Å²) >= 11 is 0. The summed E-state index contributed by atoms with van der Waals surface area (Å²) < 4.78 is 13.3. The number of anilines is 1. The molecule has 1 saturated heterocycles. The van der Waals surface area contributed by atoms with Gasteiger partial charge in [-0.2, -0.15) is 0 Å². The summed E-state index contributed by atoms with van der Waals surface area (Å²) in [5.74, 6) is 1.09. The first-order chi connectivity index (χ1) is 16.1. The zero-order valence-corrected chi connectivity index (χ0v) is 18.3. The molecule has 1 amide bonds. The quantitative estimate of drug-likeness (QED) is 0.625. The van der Waals surface area contributed by atoms with E-state index in [9.17, 15) is 14.0 Å². The number of carbonyl (C=O) groups excluding carboxylic acids is 1. The molecule has 3 heterocycles. The summed E-state index contributed by atoms with van der Waals surface area (Å²) in [5, 5.41) is 0. The number of nitrogens with one attached hydrogen (secondary N) is 1. The van der Waals surface area contributed by atoms with E-state index in [-0.39, 0.29) is 23.2 Å². The summed E-state index contributed by atoms with van der Waals surface area (Å²) in [4.78, 5) is 42.1. The number of pyridine rings is 1. The van der Waals surface area contributed by atoms with Crippen LogP contribution in [0, 0.1) is 11.7 Å². The van der Waals surface area contributed by atoms with Crippen molar-refractivity contribution >= 4 is 11.7 Å². The third-order valence-electron chi connectivity index (χ3n) is 6.61. The van der Waals surface area contributed by atoms with Gasteiger partial charge < -0.3 is 14.8 Å². The van der Waals surface area contributed by atoms with E-state index in [2.05, 4.69) is 19.9 Å². The predicted molar refractivity (Wildman–Crippen MR) is 123 cm³/mol. The highest BCUT2D eigenvalue weighted by molar-refractivity contribution is 5.79. The molecule has 1 aromatic carbocycles. The van der Waals surface area contributed by atoms with E-state index >= 15 is 0 Å². The minimum atomic E-state index is -0.335. The SMILES string of the molecule is O=C(C1CCc2nc(-c3ccc(F)cc3)[nH]c(=O)c2CC1)N1CCN(c2ccccn2)CC1. The third-order valence-corrected chi connectivity index (χ3v) is 6.61. The van der Waals surface area contributed by atoms with Gasteiger partial charge in [-0.05, 0) is 62.1 Å². The van der Waals surface area contributed by atoms with Crippen LogP contribution in [0.15, 0.2) is 53.5 Å². The molecule has 1 aliphatic carbocycles. The van der Waals surface area contributed by atoms with Crippen molar-refractivity contribution in [2.45, 2.75) is 25.7 Å². The van der Waals surface area contributed by atoms with Crippen molar-refractivity contribution in [1.82, 2.24) is 19.9 Å². The van der Waals surface area contributed by atoms with E-state index < -0.39 is 0 Å². The van der Waals surface area contributed by atoms with E-state index in [4.69, 9.17) is 0 Å². The Bertz CT molecular complexity index is 1190. The number of aromatic amines is 1. The van der Waals surface area contributed by atoms with Crippen LogP contribution in [0.3, 0.4) is 0 Å². The van der Waals surface area contributed by atoms with E-state index in [0.29, 0.717) is 55.7 Å². The first kappa shape index (κ1) is 21.3. The highest BCUT2D eigenvalue weighted by atomic mass is 19.1. The van der Waals surface area contributed by atoms with Crippen LogP contribution < -0.4 is 10.5 Å². The molecule has 5 rings (SSSR count). The number of aryl methyl sites for hydroxylation is 1. The lowest BCUT2D eigenvalue weighted by Gasteiger charge is -2.37. The topological polar surface area (TPSA) is 82.2 Å². The number of nitrogens with zero attached hydrogens (tertiary/aromatic N) is 4. The number of H-pyrrole nitrogens is 1. The maximum atomic E-state index is 13.3. The number of hydrogen-bond acceptors (Lipinski definition) is 5. The van der Waals surface area contributed by atoms with Crippen LogP contribution in [0.1, 0.15) is 24.1 Å². The largest absolute Gasteiger partial charge is 0.353 e. The van der Waals surface area contributed by atoms with Gasteiger partial charge in [0.2, 0.25) is 5.91 Å². The van der Waals surface area contributed by atoms with Gasteiger partial charge in [0.25, 0.3) is 5.56 Å². The van der Waals surface area contributed by atoms with Crippen LogP contribution in [0.5, 0.6) is 0 Å². The Morgan fingerprint density at radius 3 is 2.48 bits per heavy atom. The standard InChI is InChI=1S/C25H26FN5O2/c26-19-8-4-17(5-9-19)23-28-21-11-7-18(6-10-20(21)24(32)29-23)25(33)31-15-13-30(14-16-31)22-3-1-2-12-27-22/h1-5,8-9,12,18H,6-7,10-11,13-16H2,(H,28,29,32). The number of aromatic nitrogens is 3. The molecule has 1 fully saturated rings. The molecule has 2 aliphatic rings. The summed E-state index contributed by atoms with van der Waals surface area (Å²) in [7, 11) is 0. The summed E-state index contributed by atoms with van der Waals surface area (Å²) in [6, 6.07) is 11.8. The van der Waals surface area contributed by atoms with E-state index in [1.165, 1.54) is 12.1 Å². The third kappa shape index (κ3) is 4.51. The van der Waals surface area contributed by atoms with Crippen molar-refractivity contribution in [2.24, 2.45) is 5.92 Å². The van der Waals surface area contributed by atoms with Crippen LogP contribution in [0.2, 0.25) is 0 Å². The number of hydrogen-bond donors (Lipinski definition) is 1. The fourth-order valence-corrected chi connectivity index (χ4v) is 4.73. The number of carbonyl (C=O) groups is 1. The van der Waals surface area contributed by atoms with Gasteiger partial charge in [-0.25, -0.2) is 14.4 Å². The molecule has 3 aromatic rings. The number of fused-ring (bicyclic) bond motifs is 1. The van der Waals surface area contributed by atoms with Crippen molar-refractivity contribution in [3.05, 3.63) is 76.1 Å². The average molecular weight is 448 g/mol. The molecule has 170 valence electrons. The number of piperazine rings is 1. The van der Waals surface area contributed by atoms with Crippen LogP contribution in [-0.4, -0.2) is 51.9 Å². The maximum Gasteiger partial charge on any atom is 0.254 e. The summed E-state index contributed by atoms with van der Waals surface area (Å²) in [5.41, 5.74) is 1.90. The van der Waals surface area contributed by atoms with E-state index in [1.807, 2.05) is 23.1 Å². The first-order valence-corrected chi connectivity index (χ1v) is 11.4. The molecule has 33 heavy (non-hydrogen) atoms. The van der Waals surface area contributed by atoms with Crippen molar-refractivity contribution in [3.63, 3.8) is 0 Å². The van der Waals surface area contributed by atoms with Gasteiger partial charge in [0.05, 0.1) is 5.69 Å². The van der Waals surface area contributed by atoms with Gasteiger partial charge in [-0.3, -0.25) is 9.59 Å². The zero-order valence-electron chi connectivity index (χ0n) is 18.3. The number of amides is 1. The highest BCUT2D eigenvalue weighted by Gasteiger charge is 2.30. The van der Waals surface area contributed by atoms with Gasteiger partial charge in [0.1, 0.15) is 17.5 Å². The Hall–Kier alpha value is -3.55. The molecule has 1 aliphatic heterocycles. The van der Waals surface area contributed by atoms with E-state index in [0.717, 1.165) is 24.6 Å². The van der Waals surface area contributed by atoms with Gasteiger partial charge >= 0.3 is 0 Å². The van der Waals surface area contributed by atoms with Gasteiger partial charge in [0.15, 0.2) is 0 Å². The second-order valence-electron chi connectivity index (χ2n) is 8.62. The lowest BCUT2D eigenvalue weighted by molar-refractivity contribution is -0.136. The lowest BCUT2D eigenvalue weighted by atomic mass is 9.97. The Morgan fingerprint density at radius 1 is 1.00 bits per heavy atom. The molecule has 0 bridgehead atoms. The number of halogens is 1. The monoisotopic (exact) mass is 447 g/mol. The van der Waals surface area contributed by atoms with Crippen molar-refractivity contribution in [3.8, 4) is 11.4 Å². The molecule has 8 heteroatoms. The second kappa shape index (κ2) is 9.13. The molecule has 1 atom stereocenters. The molecule has 0 radical (unpaired) electrons. The Balaban J connectivity index is 1.25. The zero-order chi connectivity index (χ0) is 22.8. The maximum absolute atomic E-state index is 13.3. The fraction of sp³-hybridized carbons (Fsp3) is 0.360. The Labute approximate surface area is 191 Å². The molecule has 7 nitrogen and oxygen atoms in total. The highest BCUT2D eigenvalue weighted by Crippen LogP contribution is 2.26. The normalized spacial score (nSPS) is 18.5. The fourth-order valence-electron chi connectivity index (χ4n) is 4.73. The van der Waals surface area contributed by atoms with Gasteiger partial charge in [-0.1, -0.05) is 6.07 Å². The molecule has 1 N–H and O–H groups in total. The minimum absolute atomic E-state index is 0.116. The van der Waals surface area contributed by atoms with Crippen molar-refractivity contribution in [1.29, 1.82) is 0 Å². The Kier molecular flexibility index (Phi) is 5.90. The number of benzene rings is 1. The van der Waals surface area contributed by atoms with Crippen LogP contribution in [0.4, 0.5) is 10.2 Å². The molecule has 0 spiro atoms. The minimum Gasteiger partial charge on any atom is -0.353 e. The summed E-state index contributed by atoms with van der Waals surface area (Å²) in [6.45, 7) is 2.87. The molecular weight excluding hydrogens is 421 g/mol. The lowest BCUT2D eigenvalue weighted by Crippen LogP contribution is -2.50. The van der Waals surface area contributed by atoms with Crippen molar-refractivity contribution < 1.29 is 9.18 Å². The molecular formula is C25H26FN5O2.